The van der Waals surface area contributed by atoms with Crippen LogP contribution in [-0.2, 0) is 19.0 Å². The van der Waals surface area contributed by atoms with Crippen LogP contribution in [0.5, 0.6) is 0 Å². The molecule has 3 fully saturated rings. The van der Waals surface area contributed by atoms with E-state index in [0.717, 1.165) is 60.6 Å². The highest BCUT2D eigenvalue weighted by molar-refractivity contribution is 5.84. The van der Waals surface area contributed by atoms with Crippen LogP contribution in [-0.4, -0.2) is 48.5 Å². The van der Waals surface area contributed by atoms with Gasteiger partial charge in [-0.05, 0) is 86.2 Å². The molecule has 4 heterocycles. The van der Waals surface area contributed by atoms with E-state index in [1.165, 1.54) is 18.4 Å². The molecule has 2 saturated carbocycles. The SMILES string of the molecule is C[C@H]1CCCN(Cc2cc3c(C4CC4)cn(-c4cccc([C@]5(c6nncn6C)C[C@H](F)C5)c4)c(=O)c3[nH]2)C1. The fourth-order valence-electron chi connectivity index (χ4n) is 6.88. The van der Waals surface area contributed by atoms with E-state index in [9.17, 15) is 9.18 Å². The van der Waals surface area contributed by atoms with Crippen LogP contribution in [0.15, 0.2) is 47.7 Å². The number of hydrogen-bond donors (Lipinski definition) is 1. The molecule has 8 heteroatoms. The Balaban J connectivity index is 1.30. The monoisotopic (exact) mass is 514 g/mol. The standard InChI is InChI=1S/C30H35FN6O/c1-19-5-4-10-36(15-19)16-23-12-25-26(20-8-9-20)17-37(28(38)27(25)33-23)24-7-3-6-21(11-24)30(13-22(31)14-30)29-34-32-18-35(29)2/h3,6-7,11-12,17-20,22,33H,4-5,8-10,13-16H2,1-2H3/t19-,22-,30-/m0/s1. The van der Waals surface area contributed by atoms with Gasteiger partial charge in [0.1, 0.15) is 23.8 Å². The van der Waals surface area contributed by atoms with E-state index in [-0.39, 0.29) is 5.56 Å². The number of piperidine rings is 1. The van der Waals surface area contributed by atoms with E-state index in [2.05, 4.69) is 39.3 Å². The van der Waals surface area contributed by atoms with Gasteiger partial charge in [0.05, 0.1) is 5.41 Å². The van der Waals surface area contributed by atoms with Gasteiger partial charge in [0.25, 0.3) is 5.56 Å². The highest BCUT2D eigenvalue weighted by Crippen LogP contribution is 2.50. The van der Waals surface area contributed by atoms with Crippen LogP contribution < -0.4 is 5.56 Å². The Labute approximate surface area is 221 Å². The van der Waals surface area contributed by atoms with Crippen molar-refractivity contribution in [3.63, 3.8) is 0 Å². The number of hydrogen-bond acceptors (Lipinski definition) is 4. The molecule has 0 unspecified atom stereocenters. The molecule has 0 amide bonds. The molecule has 3 aromatic heterocycles. The minimum Gasteiger partial charge on any atom is -0.353 e. The molecule has 38 heavy (non-hydrogen) atoms. The average molecular weight is 515 g/mol. The number of H-pyrrole nitrogens is 1. The molecule has 1 atom stereocenters. The van der Waals surface area contributed by atoms with Crippen molar-refractivity contribution in [1.29, 1.82) is 0 Å². The molecule has 198 valence electrons. The first-order valence-electron chi connectivity index (χ1n) is 14.0. The number of nitrogens with zero attached hydrogens (tertiary/aromatic N) is 5. The maximum absolute atomic E-state index is 14.3. The molecule has 1 aromatic carbocycles. The van der Waals surface area contributed by atoms with Crippen molar-refractivity contribution < 1.29 is 4.39 Å². The van der Waals surface area contributed by atoms with Gasteiger partial charge in [-0.15, -0.1) is 10.2 Å². The molecule has 2 aliphatic carbocycles. The summed E-state index contributed by atoms with van der Waals surface area (Å²) in [5.41, 5.74) is 4.27. The number of rotatable bonds is 6. The Morgan fingerprint density at radius 2 is 2.03 bits per heavy atom. The number of aromatic amines is 1. The second-order valence-corrected chi connectivity index (χ2v) is 12.0. The zero-order valence-electron chi connectivity index (χ0n) is 22.2. The lowest BCUT2D eigenvalue weighted by molar-refractivity contribution is 0.114. The lowest BCUT2D eigenvalue weighted by atomic mass is 9.62. The van der Waals surface area contributed by atoms with E-state index < -0.39 is 11.6 Å². The summed E-state index contributed by atoms with van der Waals surface area (Å²) >= 11 is 0. The number of pyridine rings is 1. The van der Waals surface area contributed by atoms with Gasteiger partial charge in [-0.2, -0.15) is 0 Å². The van der Waals surface area contributed by atoms with Crippen LogP contribution in [0.2, 0.25) is 0 Å². The van der Waals surface area contributed by atoms with Crippen LogP contribution in [0, 0.1) is 5.92 Å². The quantitative estimate of drug-likeness (QED) is 0.394. The maximum Gasteiger partial charge on any atom is 0.279 e. The molecule has 7 rings (SSSR count). The van der Waals surface area contributed by atoms with Crippen molar-refractivity contribution in [2.24, 2.45) is 13.0 Å². The summed E-state index contributed by atoms with van der Waals surface area (Å²) in [6.45, 7) is 5.39. The van der Waals surface area contributed by atoms with Crippen molar-refractivity contribution in [3.8, 4) is 5.69 Å². The Kier molecular flexibility index (Phi) is 5.58. The van der Waals surface area contributed by atoms with Gasteiger partial charge in [-0.3, -0.25) is 14.3 Å². The topological polar surface area (TPSA) is 71.7 Å². The minimum atomic E-state index is -0.865. The normalized spacial score (nSPS) is 26.1. The summed E-state index contributed by atoms with van der Waals surface area (Å²) in [6.07, 6.45) is 8.44. The summed E-state index contributed by atoms with van der Waals surface area (Å²) in [4.78, 5) is 19.9. The van der Waals surface area contributed by atoms with Crippen LogP contribution >= 0.6 is 0 Å². The summed E-state index contributed by atoms with van der Waals surface area (Å²) in [7, 11) is 1.90. The van der Waals surface area contributed by atoms with Crippen molar-refractivity contribution in [2.45, 2.75) is 69.5 Å². The maximum atomic E-state index is 14.3. The second-order valence-electron chi connectivity index (χ2n) is 12.0. The lowest BCUT2D eigenvalue weighted by Gasteiger charge is -2.43. The molecule has 7 nitrogen and oxygen atoms in total. The molecule has 0 radical (unpaired) electrons. The Morgan fingerprint density at radius 1 is 1.18 bits per heavy atom. The number of alkyl halides is 1. The third-order valence-corrected chi connectivity index (χ3v) is 8.99. The first kappa shape index (κ1) is 23.8. The van der Waals surface area contributed by atoms with Crippen molar-refractivity contribution in [3.05, 3.63) is 75.9 Å². The highest BCUT2D eigenvalue weighted by Gasteiger charge is 2.50. The summed E-state index contributed by atoms with van der Waals surface area (Å²) in [5.74, 6) is 1.98. The fourth-order valence-corrected chi connectivity index (χ4v) is 6.88. The molecular weight excluding hydrogens is 479 g/mol. The van der Waals surface area contributed by atoms with E-state index in [4.69, 9.17) is 0 Å². The first-order chi connectivity index (χ1) is 18.4. The van der Waals surface area contributed by atoms with Gasteiger partial charge >= 0.3 is 0 Å². The van der Waals surface area contributed by atoms with Gasteiger partial charge in [0, 0.05) is 43.1 Å². The number of halogens is 1. The van der Waals surface area contributed by atoms with Crippen LogP contribution in [0.25, 0.3) is 16.6 Å². The van der Waals surface area contributed by atoms with Crippen molar-refractivity contribution in [1.82, 2.24) is 29.2 Å². The number of aromatic nitrogens is 5. The van der Waals surface area contributed by atoms with Crippen LogP contribution in [0.1, 0.15) is 74.0 Å². The zero-order valence-corrected chi connectivity index (χ0v) is 22.2. The van der Waals surface area contributed by atoms with Gasteiger partial charge in [0.15, 0.2) is 0 Å². The number of fused-ring (bicyclic) bond motifs is 1. The van der Waals surface area contributed by atoms with Crippen LogP contribution in [0.3, 0.4) is 0 Å². The molecule has 1 N–H and O–H groups in total. The van der Waals surface area contributed by atoms with Gasteiger partial charge in [0.2, 0.25) is 0 Å². The van der Waals surface area contributed by atoms with E-state index in [1.807, 2.05) is 35.9 Å². The third kappa shape index (κ3) is 3.92. The Hall–Kier alpha value is -3.26. The van der Waals surface area contributed by atoms with Crippen LogP contribution in [0.4, 0.5) is 4.39 Å². The summed E-state index contributed by atoms with van der Waals surface area (Å²) in [6, 6.07) is 10.2. The summed E-state index contributed by atoms with van der Waals surface area (Å²) < 4.78 is 18.0. The van der Waals surface area contributed by atoms with E-state index in [1.54, 1.807) is 10.9 Å². The smallest absolute Gasteiger partial charge is 0.279 e. The van der Waals surface area contributed by atoms with E-state index in [0.29, 0.717) is 30.2 Å². The minimum absolute atomic E-state index is 0.0375. The summed E-state index contributed by atoms with van der Waals surface area (Å²) in [5, 5.41) is 9.48. The number of likely N-dealkylation sites (tertiary alicyclic amines) is 1. The molecule has 1 saturated heterocycles. The average Bonchev–Trinajstić information content (AvgIpc) is 3.50. The molecule has 3 aliphatic rings. The zero-order chi connectivity index (χ0) is 26.0. The van der Waals surface area contributed by atoms with Gasteiger partial charge in [-0.1, -0.05) is 19.1 Å². The molecule has 1 aliphatic heterocycles. The van der Waals surface area contributed by atoms with E-state index >= 15 is 0 Å². The molecule has 0 bridgehead atoms. The van der Waals surface area contributed by atoms with Gasteiger partial charge < -0.3 is 9.55 Å². The first-order valence-corrected chi connectivity index (χ1v) is 14.0. The molecular formula is C30H35FN6O. The van der Waals surface area contributed by atoms with Crippen molar-refractivity contribution >= 4 is 10.9 Å². The fraction of sp³-hybridized carbons (Fsp3) is 0.500. The third-order valence-electron chi connectivity index (χ3n) is 8.99. The number of aryl methyl sites for hydroxylation is 1. The predicted molar refractivity (Wildman–Crippen MR) is 145 cm³/mol. The largest absolute Gasteiger partial charge is 0.353 e. The second kappa shape index (κ2) is 8.90. The predicted octanol–water partition coefficient (Wildman–Crippen LogP) is 4.97. The lowest BCUT2D eigenvalue weighted by Crippen LogP contribution is -2.45. The Bertz CT molecular complexity index is 1560. The number of benzene rings is 1. The van der Waals surface area contributed by atoms with Crippen molar-refractivity contribution in [2.75, 3.05) is 13.1 Å². The molecule has 0 spiro atoms. The molecule has 4 aromatic rings. The Morgan fingerprint density at radius 3 is 2.74 bits per heavy atom. The number of nitrogens with one attached hydrogen (secondary N) is 1. The highest BCUT2D eigenvalue weighted by atomic mass is 19.1. The van der Waals surface area contributed by atoms with Gasteiger partial charge in [-0.25, -0.2) is 4.39 Å².